The molecule has 1 aromatic heterocycles. The van der Waals surface area contributed by atoms with Gasteiger partial charge in [-0.15, -0.1) is 0 Å². The molecule has 20 heavy (non-hydrogen) atoms. The molecule has 0 aliphatic heterocycles. The van der Waals surface area contributed by atoms with E-state index in [2.05, 4.69) is 38.4 Å². The molecule has 0 bridgehead atoms. The van der Waals surface area contributed by atoms with Gasteiger partial charge in [0, 0.05) is 28.8 Å². The van der Waals surface area contributed by atoms with E-state index < -0.39 is 0 Å². The van der Waals surface area contributed by atoms with Gasteiger partial charge < -0.3 is 10.1 Å². The number of methoxy groups -OCH3 is 1. The topological polar surface area (TPSA) is 34.2 Å². The summed E-state index contributed by atoms with van der Waals surface area (Å²) in [6.07, 6.45) is 3.64. The van der Waals surface area contributed by atoms with Crippen molar-refractivity contribution in [2.45, 2.75) is 18.9 Å². The zero-order chi connectivity index (χ0) is 14.4. The predicted molar refractivity (Wildman–Crippen MR) is 85.2 cm³/mol. The minimum absolute atomic E-state index is 0.333. The summed E-state index contributed by atoms with van der Waals surface area (Å²) in [7, 11) is 3.70. The van der Waals surface area contributed by atoms with Crippen molar-refractivity contribution >= 4 is 15.9 Å². The highest BCUT2D eigenvalue weighted by molar-refractivity contribution is 9.10. The lowest BCUT2D eigenvalue weighted by molar-refractivity contribution is 0.405. The van der Waals surface area contributed by atoms with Gasteiger partial charge in [0.15, 0.2) is 0 Å². The first-order valence-electron chi connectivity index (χ1n) is 6.62. The zero-order valence-corrected chi connectivity index (χ0v) is 13.4. The number of aromatic nitrogens is 1. The number of rotatable bonds is 6. The van der Waals surface area contributed by atoms with Crippen LogP contribution in [0.1, 0.15) is 11.3 Å². The molecule has 0 saturated carbocycles. The normalized spacial score (nSPS) is 12.2. The average molecular weight is 335 g/mol. The number of nitrogens with one attached hydrogen (secondary N) is 1. The Morgan fingerprint density at radius 2 is 2.00 bits per heavy atom. The molecule has 1 unspecified atom stereocenters. The fourth-order valence-corrected chi connectivity index (χ4v) is 2.43. The van der Waals surface area contributed by atoms with Crippen LogP contribution >= 0.6 is 15.9 Å². The number of nitrogens with zero attached hydrogens (tertiary/aromatic N) is 1. The summed E-state index contributed by atoms with van der Waals surface area (Å²) >= 11 is 3.41. The van der Waals surface area contributed by atoms with Gasteiger partial charge in [0.1, 0.15) is 5.75 Å². The van der Waals surface area contributed by atoms with Gasteiger partial charge >= 0.3 is 0 Å². The number of hydrogen-bond donors (Lipinski definition) is 1. The molecule has 0 fully saturated rings. The molecule has 3 nitrogen and oxygen atoms in total. The highest BCUT2D eigenvalue weighted by atomic mass is 79.9. The largest absolute Gasteiger partial charge is 0.496 e. The standard InChI is InChI=1S/C16H19BrN2O/c1-18-15(10-14-8-7-13(17)11-19-14)9-12-5-3-4-6-16(12)20-2/h3-8,11,15,18H,9-10H2,1-2H3. The lowest BCUT2D eigenvalue weighted by Crippen LogP contribution is -2.30. The first kappa shape index (κ1) is 15.0. The lowest BCUT2D eigenvalue weighted by atomic mass is 10.0. The lowest BCUT2D eigenvalue weighted by Gasteiger charge is -2.17. The number of pyridine rings is 1. The van der Waals surface area contributed by atoms with E-state index in [-0.39, 0.29) is 0 Å². The van der Waals surface area contributed by atoms with E-state index in [1.54, 1.807) is 7.11 Å². The summed E-state index contributed by atoms with van der Waals surface area (Å²) in [5.41, 5.74) is 2.30. The van der Waals surface area contributed by atoms with Crippen molar-refractivity contribution in [3.05, 3.63) is 58.3 Å². The first-order chi connectivity index (χ1) is 9.72. The molecular formula is C16H19BrN2O. The van der Waals surface area contributed by atoms with Crippen LogP contribution in [0.4, 0.5) is 0 Å². The fourth-order valence-electron chi connectivity index (χ4n) is 2.19. The molecule has 1 atom stereocenters. The smallest absolute Gasteiger partial charge is 0.122 e. The second-order valence-corrected chi connectivity index (χ2v) is 5.59. The van der Waals surface area contributed by atoms with Crippen molar-refractivity contribution in [1.29, 1.82) is 0 Å². The van der Waals surface area contributed by atoms with Gasteiger partial charge in [-0.1, -0.05) is 18.2 Å². The molecule has 1 aromatic carbocycles. The number of benzene rings is 1. The highest BCUT2D eigenvalue weighted by Gasteiger charge is 2.12. The molecule has 0 radical (unpaired) electrons. The minimum Gasteiger partial charge on any atom is -0.496 e. The van der Waals surface area contributed by atoms with E-state index in [9.17, 15) is 0 Å². The van der Waals surface area contributed by atoms with E-state index in [1.165, 1.54) is 5.56 Å². The Balaban J connectivity index is 2.07. The van der Waals surface area contributed by atoms with Crippen LogP contribution in [0.5, 0.6) is 5.75 Å². The van der Waals surface area contributed by atoms with Gasteiger partial charge in [-0.3, -0.25) is 4.98 Å². The number of ether oxygens (including phenoxy) is 1. The molecule has 0 aliphatic rings. The number of para-hydroxylation sites is 1. The average Bonchev–Trinajstić information content (AvgIpc) is 2.49. The van der Waals surface area contributed by atoms with Gasteiger partial charge in [0.2, 0.25) is 0 Å². The van der Waals surface area contributed by atoms with E-state index in [0.717, 1.165) is 28.8 Å². The summed E-state index contributed by atoms with van der Waals surface area (Å²) in [5.74, 6) is 0.941. The fraction of sp³-hybridized carbons (Fsp3) is 0.312. The zero-order valence-electron chi connectivity index (χ0n) is 11.8. The molecule has 0 spiro atoms. The quantitative estimate of drug-likeness (QED) is 0.880. The SMILES string of the molecule is CNC(Cc1ccc(Br)cn1)Cc1ccccc1OC. The first-order valence-corrected chi connectivity index (χ1v) is 7.42. The van der Waals surface area contributed by atoms with Gasteiger partial charge in [-0.2, -0.15) is 0 Å². The Hall–Kier alpha value is -1.39. The van der Waals surface area contributed by atoms with E-state index in [4.69, 9.17) is 4.74 Å². The van der Waals surface area contributed by atoms with Gasteiger partial charge in [0.25, 0.3) is 0 Å². The van der Waals surface area contributed by atoms with Crippen molar-refractivity contribution in [3.8, 4) is 5.75 Å². The summed E-state index contributed by atoms with van der Waals surface area (Å²) in [6.45, 7) is 0. The molecular weight excluding hydrogens is 316 g/mol. The summed E-state index contributed by atoms with van der Waals surface area (Å²) in [4.78, 5) is 4.43. The molecule has 1 N–H and O–H groups in total. The Morgan fingerprint density at radius 3 is 2.65 bits per heavy atom. The van der Waals surface area contributed by atoms with Crippen LogP contribution in [0.25, 0.3) is 0 Å². The van der Waals surface area contributed by atoms with Gasteiger partial charge in [0.05, 0.1) is 7.11 Å². The summed E-state index contributed by atoms with van der Waals surface area (Å²) in [5, 5.41) is 3.36. The highest BCUT2D eigenvalue weighted by Crippen LogP contribution is 2.20. The van der Waals surface area contributed by atoms with E-state index in [0.29, 0.717) is 6.04 Å². The number of hydrogen-bond acceptors (Lipinski definition) is 3. The van der Waals surface area contributed by atoms with Crippen LogP contribution in [-0.4, -0.2) is 25.2 Å². The van der Waals surface area contributed by atoms with Crippen LogP contribution < -0.4 is 10.1 Å². The molecule has 0 aliphatic carbocycles. The molecule has 106 valence electrons. The molecule has 0 saturated heterocycles. The maximum Gasteiger partial charge on any atom is 0.122 e. The minimum atomic E-state index is 0.333. The third kappa shape index (κ3) is 4.05. The Bertz CT molecular complexity index is 542. The maximum absolute atomic E-state index is 5.41. The van der Waals surface area contributed by atoms with Crippen molar-refractivity contribution < 1.29 is 4.74 Å². The molecule has 2 rings (SSSR count). The molecule has 0 amide bonds. The Labute approximate surface area is 128 Å². The third-order valence-corrected chi connectivity index (χ3v) is 3.78. The van der Waals surface area contributed by atoms with Crippen molar-refractivity contribution in [2.24, 2.45) is 0 Å². The monoisotopic (exact) mass is 334 g/mol. The van der Waals surface area contributed by atoms with Crippen molar-refractivity contribution in [1.82, 2.24) is 10.3 Å². The summed E-state index contributed by atoms with van der Waals surface area (Å²) < 4.78 is 6.41. The van der Waals surface area contributed by atoms with Gasteiger partial charge in [-0.25, -0.2) is 0 Å². The predicted octanol–water partition coefficient (Wildman–Crippen LogP) is 3.23. The second kappa shape index (κ2) is 7.41. The molecule has 4 heteroatoms. The van der Waals surface area contributed by atoms with Crippen molar-refractivity contribution in [2.75, 3.05) is 14.2 Å². The van der Waals surface area contributed by atoms with E-state index >= 15 is 0 Å². The Morgan fingerprint density at radius 1 is 1.20 bits per heavy atom. The van der Waals surface area contributed by atoms with Gasteiger partial charge in [-0.05, 0) is 53.2 Å². The number of likely N-dealkylation sites (N-methyl/N-ethyl adjacent to an activating group) is 1. The van der Waals surface area contributed by atoms with Crippen LogP contribution in [0, 0.1) is 0 Å². The summed E-state index contributed by atoms with van der Waals surface area (Å²) in [6, 6.07) is 12.6. The van der Waals surface area contributed by atoms with Crippen LogP contribution in [0.15, 0.2) is 47.1 Å². The molecule has 1 heterocycles. The second-order valence-electron chi connectivity index (χ2n) is 4.67. The van der Waals surface area contributed by atoms with E-state index in [1.807, 2.05) is 37.5 Å². The Kier molecular flexibility index (Phi) is 5.56. The van der Waals surface area contributed by atoms with Crippen LogP contribution in [0.3, 0.4) is 0 Å². The van der Waals surface area contributed by atoms with Crippen molar-refractivity contribution in [3.63, 3.8) is 0 Å². The van der Waals surface area contributed by atoms with Crippen LogP contribution in [0.2, 0.25) is 0 Å². The number of halogens is 1. The third-order valence-electron chi connectivity index (χ3n) is 3.31. The van der Waals surface area contributed by atoms with Crippen LogP contribution in [-0.2, 0) is 12.8 Å². The molecule has 2 aromatic rings. The maximum atomic E-state index is 5.41.